The maximum absolute atomic E-state index is 12.0. The van der Waals surface area contributed by atoms with Gasteiger partial charge in [-0.05, 0) is 49.9 Å². The number of furan rings is 1. The quantitative estimate of drug-likeness (QED) is 0.258. The highest BCUT2D eigenvalue weighted by molar-refractivity contribution is 14.0. The van der Waals surface area contributed by atoms with E-state index >= 15 is 0 Å². The summed E-state index contributed by atoms with van der Waals surface area (Å²) >= 11 is 0. The molecular formula is C24H35IN4O4. The fourth-order valence-corrected chi connectivity index (χ4v) is 3.50. The Kier molecular flexibility index (Phi) is 11.4. The van der Waals surface area contributed by atoms with Crippen molar-refractivity contribution in [1.82, 2.24) is 15.5 Å². The van der Waals surface area contributed by atoms with Crippen molar-refractivity contribution in [2.75, 3.05) is 34.3 Å². The molecule has 1 saturated carbocycles. The highest BCUT2D eigenvalue weighted by Crippen LogP contribution is 2.30. The Labute approximate surface area is 213 Å². The Morgan fingerprint density at radius 2 is 2.00 bits per heavy atom. The van der Waals surface area contributed by atoms with E-state index in [4.69, 9.17) is 18.9 Å². The monoisotopic (exact) mass is 570 g/mol. The van der Waals surface area contributed by atoms with Crippen LogP contribution in [-0.2, 0) is 17.8 Å². The number of benzene rings is 1. The van der Waals surface area contributed by atoms with Crippen LogP contribution in [0.5, 0.6) is 11.5 Å². The van der Waals surface area contributed by atoms with Crippen LogP contribution < -0.4 is 20.1 Å². The van der Waals surface area contributed by atoms with Gasteiger partial charge in [0.05, 0.1) is 32.6 Å². The lowest BCUT2D eigenvalue weighted by molar-refractivity contribution is -0.127. The van der Waals surface area contributed by atoms with Crippen molar-refractivity contribution in [2.45, 2.75) is 44.8 Å². The molecule has 1 aliphatic carbocycles. The SMILES string of the molecule is COc1ccc(CN=C(NCCc2ccco2)NCC(=O)N(C)C)c(OC2CCCC2)c1.I. The number of guanidine groups is 1. The highest BCUT2D eigenvalue weighted by Gasteiger charge is 2.18. The van der Waals surface area contributed by atoms with Crippen LogP contribution in [0.1, 0.15) is 37.0 Å². The van der Waals surface area contributed by atoms with E-state index < -0.39 is 0 Å². The molecule has 1 fully saturated rings. The summed E-state index contributed by atoms with van der Waals surface area (Å²) < 4.78 is 17.0. The van der Waals surface area contributed by atoms with Crippen LogP contribution in [-0.4, -0.2) is 57.2 Å². The summed E-state index contributed by atoms with van der Waals surface area (Å²) in [7, 11) is 5.11. The van der Waals surface area contributed by atoms with Crippen molar-refractivity contribution in [3.05, 3.63) is 47.9 Å². The lowest BCUT2D eigenvalue weighted by Gasteiger charge is -2.18. The fraction of sp³-hybridized carbons (Fsp3) is 0.500. The van der Waals surface area contributed by atoms with E-state index in [-0.39, 0.29) is 42.5 Å². The summed E-state index contributed by atoms with van der Waals surface area (Å²) in [5, 5.41) is 6.40. The molecule has 182 valence electrons. The van der Waals surface area contributed by atoms with E-state index in [1.807, 2.05) is 30.3 Å². The number of hydrogen-bond acceptors (Lipinski definition) is 5. The fourth-order valence-electron chi connectivity index (χ4n) is 3.50. The first-order valence-corrected chi connectivity index (χ1v) is 11.1. The number of carbonyl (C=O) groups is 1. The molecule has 1 amide bonds. The summed E-state index contributed by atoms with van der Waals surface area (Å²) in [5.41, 5.74) is 0.976. The zero-order valence-electron chi connectivity index (χ0n) is 19.6. The molecule has 1 aromatic carbocycles. The second kappa shape index (κ2) is 14.0. The summed E-state index contributed by atoms with van der Waals surface area (Å²) in [5.74, 6) is 3.00. The van der Waals surface area contributed by atoms with Gasteiger partial charge in [-0.15, -0.1) is 24.0 Å². The van der Waals surface area contributed by atoms with E-state index in [9.17, 15) is 4.79 Å². The van der Waals surface area contributed by atoms with Crippen molar-refractivity contribution in [3.63, 3.8) is 0 Å². The molecular weight excluding hydrogens is 535 g/mol. The molecule has 0 saturated heterocycles. The molecule has 0 bridgehead atoms. The van der Waals surface area contributed by atoms with Crippen molar-refractivity contribution in [3.8, 4) is 11.5 Å². The summed E-state index contributed by atoms with van der Waals surface area (Å²) in [4.78, 5) is 18.3. The predicted octanol–water partition coefficient (Wildman–Crippen LogP) is 3.59. The molecule has 8 nitrogen and oxygen atoms in total. The second-order valence-electron chi connectivity index (χ2n) is 8.06. The van der Waals surface area contributed by atoms with Gasteiger partial charge < -0.3 is 29.4 Å². The molecule has 33 heavy (non-hydrogen) atoms. The first-order chi connectivity index (χ1) is 15.5. The molecule has 1 aromatic heterocycles. The summed E-state index contributed by atoms with van der Waals surface area (Å²) in [6, 6.07) is 9.63. The largest absolute Gasteiger partial charge is 0.497 e. The second-order valence-corrected chi connectivity index (χ2v) is 8.06. The number of rotatable bonds is 10. The van der Waals surface area contributed by atoms with Crippen molar-refractivity contribution in [1.29, 1.82) is 0 Å². The Hall–Kier alpha value is -2.43. The molecule has 1 aliphatic rings. The molecule has 0 spiro atoms. The third-order valence-electron chi connectivity index (χ3n) is 5.43. The Balaban J connectivity index is 0.00000385. The Bertz CT molecular complexity index is 881. The number of aliphatic imine (C=N–C) groups is 1. The van der Waals surface area contributed by atoms with Gasteiger partial charge >= 0.3 is 0 Å². The zero-order valence-corrected chi connectivity index (χ0v) is 22.0. The number of nitrogens with zero attached hydrogens (tertiary/aromatic N) is 2. The van der Waals surface area contributed by atoms with Gasteiger partial charge in [-0.2, -0.15) is 0 Å². The summed E-state index contributed by atoms with van der Waals surface area (Å²) in [6.07, 6.45) is 7.18. The van der Waals surface area contributed by atoms with Crippen LogP contribution in [0.2, 0.25) is 0 Å². The predicted molar refractivity (Wildman–Crippen MR) is 140 cm³/mol. The van der Waals surface area contributed by atoms with Gasteiger partial charge in [0.15, 0.2) is 5.96 Å². The van der Waals surface area contributed by atoms with E-state index in [1.165, 1.54) is 12.8 Å². The minimum Gasteiger partial charge on any atom is -0.497 e. The lowest BCUT2D eigenvalue weighted by atomic mass is 10.2. The van der Waals surface area contributed by atoms with Crippen molar-refractivity contribution >= 4 is 35.8 Å². The molecule has 0 unspecified atom stereocenters. The number of methoxy groups -OCH3 is 1. The van der Waals surface area contributed by atoms with E-state index in [1.54, 1.807) is 32.4 Å². The van der Waals surface area contributed by atoms with Crippen LogP contribution in [0.4, 0.5) is 0 Å². The number of likely N-dealkylation sites (N-methyl/N-ethyl adjacent to an activating group) is 1. The van der Waals surface area contributed by atoms with Crippen molar-refractivity contribution < 1.29 is 18.7 Å². The maximum Gasteiger partial charge on any atom is 0.241 e. The lowest BCUT2D eigenvalue weighted by Crippen LogP contribution is -2.43. The van der Waals surface area contributed by atoms with Crippen LogP contribution in [0.25, 0.3) is 0 Å². The first kappa shape index (κ1) is 26.8. The third-order valence-corrected chi connectivity index (χ3v) is 5.43. The number of halogens is 1. The number of nitrogens with one attached hydrogen (secondary N) is 2. The zero-order chi connectivity index (χ0) is 22.8. The normalized spacial score (nSPS) is 13.8. The smallest absolute Gasteiger partial charge is 0.241 e. The number of carbonyl (C=O) groups excluding carboxylic acids is 1. The molecule has 0 atom stereocenters. The molecule has 0 radical (unpaired) electrons. The van der Waals surface area contributed by atoms with Crippen LogP contribution in [0.15, 0.2) is 46.0 Å². The van der Waals surface area contributed by atoms with E-state index in [2.05, 4.69) is 10.6 Å². The minimum atomic E-state index is -0.0276. The van der Waals surface area contributed by atoms with Gasteiger partial charge in [0.1, 0.15) is 17.3 Å². The average Bonchev–Trinajstić information content (AvgIpc) is 3.50. The standard InChI is InChI=1S/C24H34N4O4.HI/c1-28(2)23(29)17-27-24(25-13-12-19-9-6-14-31-19)26-16-18-10-11-21(30-3)15-22(18)32-20-7-4-5-8-20;/h6,9-11,14-15,20H,4-5,7-8,12-13,16-17H2,1-3H3,(H2,25,26,27);1H. The van der Waals surface area contributed by atoms with Gasteiger partial charge in [-0.1, -0.05) is 0 Å². The molecule has 0 aliphatic heterocycles. The van der Waals surface area contributed by atoms with E-state index in [0.29, 0.717) is 25.5 Å². The Morgan fingerprint density at radius 3 is 2.67 bits per heavy atom. The van der Waals surface area contributed by atoms with Gasteiger partial charge in [0.2, 0.25) is 5.91 Å². The molecule has 1 heterocycles. The van der Waals surface area contributed by atoms with Crippen LogP contribution in [0, 0.1) is 0 Å². The van der Waals surface area contributed by atoms with Gasteiger partial charge in [-0.3, -0.25) is 4.79 Å². The van der Waals surface area contributed by atoms with Crippen LogP contribution in [0.3, 0.4) is 0 Å². The highest BCUT2D eigenvalue weighted by atomic mass is 127. The maximum atomic E-state index is 12.0. The van der Waals surface area contributed by atoms with Gasteiger partial charge in [-0.25, -0.2) is 4.99 Å². The summed E-state index contributed by atoms with van der Waals surface area (Å²) in [6.45, 7) is 1.20. The average molecular weight is 570 g/mol. The van der Waals surface area contributed by atoms with E-state index in [0.717, 1.165) is 35.7 Å². The number of amides is 1. The molecule has 3 rings (SSSR count). The minimum absolute atomic E-state index is 0. The van der Waals surface area contributed by atoms with Crippen LogP contribution >= 0.6 is 24.0 Å². The van der Waals surface area contributed by atoms with Gasteiger partial charge in [0.25, 0.3) is 0 Å². The Morgan fingerprint density at radius 1 is 1.21 bits per heavy atom. The first-order valence-electron chi connectivity index (χ1n) is 11.1. The molecule has 2 aromatic rings. The molecule has 9 heteroatoms. The third kappa shape index (κ3) is 8.79. The topological polar surface area (TPSA) is 88.3 Å². The molecule has 2 N–H and O–H groups in total. The number of ether oxygens (including phenoxy) is 2. The van der Waals surface area contributed by atoms with Gasteiger partial charge in [0, 0.05) is 38.7 Å². The number of hydrogen-bond donors (Lipinski definition) is 2. The van der Waals surface area contributed by atoms with Crippen molar-refractivity contribution in [2.24, 2.45) is 4.99 Å².